The monoisotopic (exact) mass is 371 g/mol. The molecule has 0 aromatic carbocycles. The minimum Gasteiger partial charge on any atom is -0.348 e. The van der Waals surface area contributed by atoms with Gasteiger partial charge in [-0.05, 0) is 27.7 Å². The van der Waals surface area contributed by atoms with E-state index in [0.29, 0.717) is 13.0 Å². The number of methoxy groups -OCH3 is 1. The van der Waals surface area contributed by atoms with Gasteiger partial charge in [0.25, 0.3) is 0 Å². The number of thiazole rings is 1. The number of rotatable bonds is 3. The van der Waals surface area contributed by atoms with E-state index in [1.54, 1.807) is 13.3 Å². The molecule has 8 heteroatoms. The molecule has 0 N–H and O–H groups in total. The first-order valence-corrected chi connectivity index (χ1v) is 9.42. The van der Waals surface area contributed by atoms with Crippen molar-refractivity contribution in [3.8, 4) is 0 Å². The maximum atomic E-state index is 6.47. The third kappa shape index (κ3) is 3.14. The van der Waals surface area contributed by atoms with Crippen LogP contribution in [0.1, 0.15) is 39.1 Å². The first-order valence-electron chi connectivity index (χ1n) is 8.54. The molecule has 3 aliphatic rings. The molecule has 4 rings (SSSR count). The van der Waals surface area contributed by atoms with Gasteiger partial charge in [0.15, 0.2) is 16.6 Å². The zero-order chi connectivity index (χ0) is 17.9. The number of hydrogen-bond acceptors (Lipinski definition) is 8. The van der Waals surface area contributed by atoms with Gasteiger partial charge < -0.3 is 28.4 Å². The van der Waals surface area contributed by atoms with E-state index in [9.17, 15) is 0 Å². The third-order valence-electron chi connectivity index (χ3n) is 4.83. The average molecular weight is 371 g/mol. The molecule has 7 nitrogen and oxygen atoms in total. The highest BCUT2D eigenvalue weighted by atomic mass is 32.1. The normalized spacial score (nSPS) is 42.4. The molecule has 3 fully saturated rings. The van der Waals surface area contributed by atoms with Crippen LogP contribution in [0.2, 0.25) is 0 Å². The fourth-order valence-corrected chi connectivity index (χ4v) is 4.60. The van der Waals surface area contributed by atoms with Crippen molar-refractivity contribution in [1.29, 1.82) is 0 Å². The molecule has 1 aromatic heterocycles. The van der Waals surface area contributed by atoms with Gasteiger partial charge in [-0.2, -0.15) is 0 Å². The predicted molar refractivity (Wildman–Crippen MR) is 89.0 cm³/mol. The van der Waals surface area contributed by atoms with Crippen molar-refractivity contribution < 1.29 is 28.4 Å². The summed E-state index contributed by atoms with van der Waals surface area (Å²) in [6, 6.07) is 0. The molecule has 0 bridgehead atoms. The molecular weight excluding hydrogens is 346 g/mol. The van der Waals surface area contributed by atoms with Crippen LogP contribution in [0.15, 0.2) is 11.6 Å². The molecule has 25 heavy (non-hydrogen) atoms. The molecule has 0 spiro atoms. The Labute approximate surface area is 151 Å². The minimum absolute atomic E-state index is 0.176. The number of fused-ring (bicyclic) bond motifs is 1. The molecule has 5 atom stereocenters. The molecule has 0 saturated carbocycles. The van der Waals surface area contributed by atoms with E-state index in [2.05, 4.69) is 4.98 Å². The van der Waals surface area contributed by atoms with Crippen molar-refractivity contribution in [3.05, 3.63) is 16.6 Å². The van der Waals surface area contributed by atoms with E-state index in [-0.39, 0.29) is 24.4 Å². The Morgan fingerprint density at radius 2 is 1.76 bits per heavy atom. The average Bonchev–Trinajstić information content (AvgIpc) is 3.23. The Balaban J connectivity index is 1.68. The van der Waals surface area contributed by atoms with Crippen molar-refractivity contribution in [2.24, 2.45) is 0 Å². The Morgan fingerprint density at radius 1 is 1.04 bits per heavy atom. The second-order valence-corrected chi connectivity index (χ2v) is 8.48. The van der Waals surface area contributed by atoms with Crippen LogP contribution in [0.25, 0.3) is 0 Å². The molecule has 0 amide bonds. The van der Waals surface area contributed by atoms with Gasteiger partial charge in [-0.1, -0.05) is 0 Å². The molecule has 3 aliphatic heterocycles. The summed E-state index contributed by atoms with van der Waals surface area (Å²) < 4.78 is 36.4. The van der Waals surface area contributed by atoms with Gasteiger partial charge in [0.2, 0.25) is 5.79 Å². The Hall–Kier alpha value is -0.610. The van der Waals surface area contributed by atoms with Crippen molar-refractivity contribution in [2.75, 3.05) is 13.7 Å². The fourth-order valence-electron chi connectivity index (χ4n) is 3.83. The zero-order valence-electron chi connectivity index (χ0n) is 15.2. The van der Waals surface area contributed by atoms with Gasteiger partial charge in [-0.25, -0.2) is 4.98 Å². The first-order chi connectivity index (χ1) is 11.7. The predicted octanol–water partition coefficient (Wildman–Crippen LogP) is 2.40. The molecule has 4 heterocycles. The van der Waals surface area contributed by atoms with Crippen LogP contribution in [0.4, 0.5) is 0 Å². The van der Waals surface area contributed by atoms with E-state index in [1.165, 1.54) is 11.3 Å². The smallest absolute Gasteiger partial charge is 0.224 e. The van der Waals surface area contributed by atoms with Crippen molar-refractivity contribution in [1.82, 2.24) is 4.98 Å². The zero-order valence-corrected chi connectivity index (χ0v) is 16.0. The lowest BCUT2D eigenvalue weighted by atomic mass is 9.93. The summed E-state index contributed by atoms with van der Waals surface area (Å²) in [4.78, 5) is 4.42. The van der Waals surface area contributed by atoms with Crippen LogP contribution >= 0.6 is 11.3 Å². The van der Waals surface area contributed by atoms with E-state index >= 15 is 0 Å². The number of aromatic nitrogens is 1. The molecular formula is C17H25NO6S. The van der Waals surface area contributed by atoms with Crippen molar-refractivity contribution >= 4 is 11.3 Å². The Morgan fingerprint density at radius 3 is 2.36 bits per heavy atom. The maximum Gasteiger partial charge on any atom is 0.224 e. The molecule has 0 aliphatic carbocycles. The highest BCUT2D eigenvalue weighted by Gasteiger charge is 2.60. The largest absolute Gasteiger partial charge is 0.348 e. The second-order valence-electron chi connectivity index (χ2n) is 7.59. The number of nitrogens with zero attached hydrogens (tertiary/aromatic N) is 1. The van der Waals surface area contributed by atoms with E-state index in [4.69, 9.17) is 28.4 Å². The van der Waals surface area contributed by atoms with Crippen LogP contribution in [0.5, 0.6) is 0 Å². The summed E-state index contributed by atoms with van der Waals surface area (Å²) in [5.41, 5.74) is 0. The highest BCUT2D eigenvalue weighted by molar-refractivity contribution is 7.09. The summed E-state index contributed by atoms with van der Waals surface area (Å²) in [7, 11) is 1.63. The van der Waals surface area contributed by atoms with Gasteiger partial charge in [-0.15, -0.1) is 11.3 Å². The fraction of sp³-hybridized carbons (Fsp3) is 0.824. The van der Waals surface area contributed by atoms with Gasteiger partial charge in [0, 0.05) is 25.1 Å². The maximum absolute atomic E-state index is 6.47. The van der Waals surface area contributed by atoms with Crippen LogP contribution in [0.3, 0.4) is 0 Å². The van der Waals surface area contributed by atoms with Gasteiger partial charge in [0.1, 0.15) is 18.3 Å². The molecule has 1 unspecified atom stereocenters. The van der Waals surface area contributed by atoms with Crippen molar-refractivity contribution in [2.45, 2.75) is 75.9 Å². The van der Waals surface area contributed by atoms with Crippen LogP contribution in [-0.4, -0.2) is 54.7 Å². The van der Waals surface area contributed by atoms with Crippen LogP contribution in [-0.2, 0) is 34.2 Å². The summed E-state index contributed by atoms with van der Waals surface area (Å²) in [5.74, 6) is -2.30. The van der Waals surface area contributed by atoms with Gasteiger partial charge in [-0.3, -0.25) is 0 Å². The quantitative estimate of drug-likeness (QED) is 0.808. The van der Waals surface area contributed by atoms with E-state index in [0.717, 1.165) is 5.01 Å². The summed E-state index contributed by atoms with van der Waals surface area (Å²) in [5, 5.41) is 2.68. The minimum atomic E-state index is -0.972. The van der Waals surface area contributed by atoms with E-state index in [1.807, 2.05) is 33.1 Å². The number of ether oxygens (including phenoxy) is 6. The van der Waals surface area contributed by atoms with Crippen LogP contribution in [0, 0.1) is 0 Å². The summed E-state index contributed by atoms with van der Waals surface area (Å²) in [6.07, 6.45) is 1.18. The molecule has 1 aromatic rings. The SMILES string of the molecule is CO[C@]1(c2nccs2)C[C@H]2OC(C)(C)O[C@H]2[C@@H](C2COC(C)(C)O2)O1. The second kappa shape index (κ2) is 5.95. The lowest BCUT2D eigenvalue weighted by Gasteiger charge is -2.44. The number of hydrogen-bond donors (Lipinski definition) is 0. The molecule has 140 valence electrons. The van der Waals surface area contributed by atoms with Crippen LogP contribution < -0.4 is 0 Å². The van der Waals surface area contributed by atoms with E-state index < -0.39 is 17.4 Å². The summed E-state index contributed by atoms with van der Waals surface area (Å²) in [6.45, 7) is 8.05. The molecule has 0 radical (unpaired) electrons. The highest BCUT2D eigenvalue weighted by Crippen LogP contribution is 2.48. The lowest BCUT2D eigenvalue weighted by Crippen LogP contribution is -2.57. The lowest BCUT2D eigenvalue weighted by molar-refractivity contribution is -0.322. The van der Waals surface area contributed by atoms with Crippen molar-refractivity contribution in [3.63, 3.8) is 0 Å². The Bertz CT molecular complexity index is 621. The van der Waals surface area contributed by atoms with Gasteiger partial charge >= 0.3 is 0 Å². The third-order valence-corrected chi connectivity index (χ3v) is 5.72. The topological polar surface area (TPSA) is 68.3 Å². The standard InChI is InChI=1S/C17H25NO6S/c1-15(2)20-9-11(22-15)13-12-10(21-16(3,4)23-12)8-17(19-5,24-13)14-18-6-7-25-14/h6-7,10-13H,8-9H2,1-5H3/t10-,11?,12-,13-,17-/m1/s1. The first kappa shape index (κ1) is 17.8. The summed E-state index contributed by atoms with van der Waals surface area (Å²) >= 11 is 1.50. The van der Waals surface area contributed by atoms with Gasteiger partial charge in [0.05, 0.1) is 12.7 Å². The Kier molecular flexibility index (Phi) is 4.23. The molecule has 3 saturated heterocycles.